The molecule has 5 nitrogen and oxygen atoms in total. The van der Waals surface area contributed by atoms with E-state index in [1.54, 1.807) is 0 Å². The van der Waals surface area contributed by atoms with E-state index in [2.05, 4.69) is 5.10 Å². The molecule has 1 aliphatic heterocycles. The van der Waals surface area contributed by atoms with E-state index in [4.69, 9.17) is 5.73 Å². The number of carbonyl (C=O) groups is 1. The molecule has 1 aliphatic rings. The number of alkyl halides is 3. The molecule has 1 fully saturated rings. The van der Waals surface area contributed by atoms with Crippen molar-refractivity contribution in [2.75, 3.05) is 11.4 Å². The first-order valence-corrected chi connectivity index (χ1v) is 4.96. The van der Waals surface area contributed by atoms with E-state index >= 15 is 0 Å². The number of aryl methyl sites for hydroxylation is 1. The Labute approximate surface area is 95.0 Å². The lowest BCUT2D eigenvalue weighted by Crippen LogP contribution is -2.29. The molecule has 0 bridgehead atoms. The first-order chi connectivity index (χ1) is 7.79. The number of carbonyl (C=O) groups excluding carboxylic acids is 1. The van der Waals surface area contributed by atoms with Crippen molar-refractivity contribution in [1.29, 1.82) is 0 Å². The summed E-state index contributed by atoms with van der Waals surface area (Å²) in [7, 11) is 1.36. The summed E-state index contributed by atoms with van der Waals surface area (Å²) < 4.78 is 38.4. The van der Waals surface area contributed by atoms with Gasteiger partial charge in [0.15, 0.2) is 5.69 Å². The Balaban J connectivity index is 2.34. The molecule has 1 atom stereocenters. The van der Waals surface area contributed by atoms with Gasteiger partial charge in [0.2, 0.25) is 5.91 Å². The lowest BCUT2D eigenvalue weighted by atomic mass is 10.3. The Morgan fingerprint density at radius 2 is 2.18 bits per heavy atom. The van der Waals surface area contributed by atoms with Crippen LogP contribution in [0.5, 0.6) is 0 Å². The molecule has 1 aromatic heterocycles. The van der Waals surface area contributed by atoms with Crippen molar-refractivity contribution in [3.05, 3.63) is 11.8 Å². The molecule has 2 N–H and O–H groups in total. The van der Waals surface area contributed by atoms with Gasteiger partial charge in [-0.3, -0.25) is 14.4 Å². The van der Waals surface area contributed by atoms with Gasteiger partial charge in [-0.15, -0.1) is 0 Å². The number of aromatic nitrogens is 2. The number of anilines is 1. The minimum atomic E-state index is -4.51. The van der Waals surface area contributed by atoms with E-state index in [1.165, 1.54) is 11.9 Å². The Morgan fingerprint density at radius 3 is 2.59 bits per heavy atom. The largest absolute Gasteiger partial charge is 0.435 e. The highest BCUT2D eigenvalue weighted by atomic mass is 19.4. The topological polar surface area (TPSA) is 64.2 Å². The quantitative estimate of drug-likeness (QED) is 0.787. The van der Waals surface area contributed by atoms with E-state index in [9.17, 15) is 18.0 Å². The maximum Gasteiger partial charge on any atom is 0.435 e. The third kappa shape index (κ3) is 2.12. The van der Waals surface area contributed by atoms with Crippen LogP contribution >= 0.6 is 0 Å². The van der Waals surface area contributed by atoms with Gasteiger partial charge < -0.3 is 5.73 Å². The summed E-state index contributed by atoms with van der Waals surface area (Å²) >= 11 is 0. The lowest BCUT2D eigenvalue weighted by Gasteiger charge is -2.15. The molecular weight excluding hydrogens is 237 g/mol. The number of rotatable bonds is 1. The summed E-state index contributed by atoms with van der Waals surface area (Å²) in [4.78, 5) is 12.7. The van der Waals surface area contributed by atoms with Crippen LogP contribution in [0.2, 0.25) is 0 Å². The maximum absolute atomic E-state index is 12.4. The van der Waals surface area contributed by atoms with Crippen molar-refractivity contribution in [2.24, 2.45) is 12.8 Å². The number of hydrogen-bond acceptors (Lipinski definition) is 3. The van der Waals surface area contributed by atoms with Gasteiger partial charge in [-0.25, -0.2) is 0 Å². The second-order valence-corrected chi connectivity index (χ2v) is 3.98. The van der Waals surface area contributed by atoms with Gasteiger partial charge in [0.1, 0.15) is 5.82 Å². The minimum absolute atomic E-state index is 0.121. The van der Waals surface area contributed by atoms with E-state index in [-0.39, 0.29) is 30.7 Å². The highest BCUT2D eigenvalue weighted by Gasteiger charge is 2.37. The Bertz CT molecular complexity index is 454. The van der Waals surface area contributed by atoms with Crippen LogP contribution in [0.25, 0.3) is 0 Å². The van der Waals surface area contributed by atoms with Crippen LogP contribution in [0.1, 0.15) is 12.1 Å². The van der Waals surface area contributed by atoms with Crippen molar-refractivity contribution in [3.63, 3.8) is 0 Å². The molecule has 2 rings (SSSR count). The molecule has 1 aromatic rings. The first kappa shape index (κ1) is 11.9. The Kier molecular flexibility index (Phi) is 2.61. The molecule has 2 heterocycles. The zero-order chi connectivity index (χ0) is 12.8. The fourth-order valence-corrected chi connectivity index (χ4v) is 1.81. The second-order valence-electron chi connectivity index (χ2n) is 3.98. The summed E-state index contributed by atoms with van der Waals surface area (Å²) in [5.41, 5.74) is 4.57. The monoisotopic (exact) mass is 248 g/mol. The molecule has 0 saturated carbocycles. The van der Waals surface area contributed by atoms with Crippen molar-refractivity contribution < 1.29 is 18.0 Å². The predicted molar refractivity (Wildman–Crippen MR) is 53.2 cm³/mol. The number of nitrogens with two attached hydrogens (primary N) is 1. The molecule has 8 heteroatoms. The molecule has 94 valence electrons. The average molecular weight is 248 g/mol. The summed E-state index contributed by atoms with van der Waals surface area (Å²) in [5, 5.41) is 3.34. The van der Waals surface area contributed by atoms with Crippen molar-refractivity contribution in [3.8, 4) is 0 Å². The number of halogens is 3. The molecule has 0 radical (unpaired) electrons. The minimum Gasteiger partial charge on any atom is -0.326 e. The van der Waals surface area contributed by atoms with Gasteiger partial charge in [0.05, 0.1) is 0 Å². The standard InChI is InChI=1S/C9H11F3N4O/c1-15-7(3-6(14-15)9(10,11)12)16-4-5(13)2-8(16)17/h3,5H,2,4,13H2,1H3. The van der Waals surface area contributed by atoms with Gasteiger partial charge in [-0.05, 0) is 0 Å². The van der Waals surface area contributed by atoms with Gasteiger partial charge in [0.25, 0.3) is 0 Å². The van der Waals surface area contributed by atoms with E-state index < -0.39 is 11.9 Å². The van der Waals surface area contributed by atoms with E-state index in [1.807, 2.05) is 0 Å². The molecule has 0 aliphatic carbocycles. The second kappa shape index (κ2) is 3.73. The molecule has 0 aromatic carbocycles. The summed E-state index contributed by atoms with van der Waals surface area (Å²) in [6, 6.07) is 0.516. The SMILES string of the molecule is Cn1nc(C(F)(F)F)cc1N1CC(N)CC1=O. The maximum atomic E-state index is 12.4. The van der Waals surface area contributed by atoms with E-state index in [0.29, 0.717) is 0 Å². The molecule has 1 saturated heterocycles. The van der Waals surface area contributed by atoms with Crippen molar-refractivity contribution in [2.45, 2.75) is 18.6 Å². The third-order valence-electron chi connectivity index (χ3n) is 2.58. The average Bonchev–Trinajstić information content (AvgIpc) is 2.68. The zero-order valence-electron chi connectivity index (χ0n) is 9.03. The fraction of sp³-hybridized carbons (Fsp3) is 0.556. The molecular formula is C9H11F3N4O. The highest BCUT2D eigenvalue weighted by molar-refractivity contribution is 5.95. The Morgan fingerprint density at radius 1 is 1.53 bits per heavy atom. The van der Waals surface area contributed by atoms with Gasteiger partial charge >= 0.3 is 6.18 Å². The van der Waals surface area contributed by atoms with Crippen LogP contribution in [-0.4, -0.2) is 28.3 Å². The van der Waals surface area contributed by atoms with Gasteiger partial charge in [0, 0.05) is 32.1 Å². The summed E-state index contributed by atoms with van der Waals surface area (Å²) in [5.74, 6) is -0.163. The van der Waals surface area contributed by atoms with Crippen LogP contribution in [0.4, 0.5) is 19.0 Å². The Hall–Kier alpha value is -1.57. The number of amides is 1. The lowest BCUT2D eigenvalue weighted by molar-refractivity contribution is -0.141. The molecule has 17 heavy (non-hydrogen) atoms. The zero-order valence-corrected chi connectivity index (χ0v) is 9.03. The van der Waals surface area contributed by atoms with Crippen LogP contribution in [0, 0.1) is 0 Å². The van der Waals surface area contributed by atoms with Crippen molar-refractivity contribution in [1.82, 2.24) is 9.78 Å². The van der Waals surface area contributed by atoms with E-state index in [0.717, 1.165) is 10.7 Å². The number of hydrogen-bond donors (Lipinski definition) is 1. The van der Waals surface area contributed by atoms with Crippen LogP contribution in [0.3, 0.4) is 0 Å². The third-order valence-corrected chi connectivity index (χ3v) is 2.58. The fourth-order valence-electron chi connectivity index (χ4n) is 1.81. The normalized spacial score (nSPS) is 21.4. The summed E-state index contributed by atoms with van der Waals surface area (Å²) in [6.07, 6.45) is -4.37. The van der Waals surface area contributed by atoms with Crippen LogP contribution < -0.4 is 10.6 Å². The molecule has 0 spiro atoms. The van der Waals surface area contributed by atoms with Crippen LogP contribution in [-0.2, 0) is 18.0 Å². The number of nitrogens with zero attached hydrogens (tertiary/aromatic N) is 3. The molecule has 1 amide bonds. The first-order valence-electron chi connectivity index (χ1n) is 4.96. The van der Waals surface area contributed by atoms with Crippen LogP contribution in [0.15, 0.2) is 6.07 Å². The summed E-state index contributed by atoms with van der Waals surface area (Å²) in [6.45, 7) is 0.218. The van der Waals surface area contributed by atoms with Gasteiger partial charge in [-0.1, -0.05) is 0 Å². The van der Waals surface area contributed by atoms with Crippen molar-refractivity contribution >= 4 is 11.7 Å². The predicted octanol–water partition coefficient (Wildman–Crippen LogP) is 0.503. The van der Waals surface area contributed by atoms with Gasteiger partial charge in [-0.2, -0.15) is 18.3 Å². The molecule has 1 unspecified atom stereocenters. The highest BCUT2D eigenvalue weighted by Crippen LogP contribution is 2.31. The smallest absolute Gasteiger partial charge is 0.326 e.